The zero-order valence-electron chi connectivity index (χ0n) is 25.6. The first-order valence-electron chi connectivity index (χ1n) is 15.9. The van der Waals surface area contributed by atoms with Gasteiger partial charge < -0.3 is 9.47 Å². The third kappa shape index (κ3) is 3.77. The minimum absolute atomic E-state index is 0.436. The van der Waals surface area contributed by atoms with Crippen LogP contribution in [0.2, 0.25) is 0 Å². The van der Waals surface area contributed by atoms with Crippen LogP contribution in [0.25, 0.3) is 38.6 Å². The Labute approximate surface area is 269 Å². The molecule has 0 N–H and O–H groups in total. The van der Waals surface area contributed by atoms with Gasteiger partial charge in [0.1, 0.15) is 0 Å². The Bertz CT molecular complexity index is 2330. The lowest BCUT2D eigenvalue weighted by Crippen LogP contribution is -2.28. The van der Waals surface area contributed by atoms with Crippen LogP contribution in [-0.4, -0.2) is 11.6 Å². The topological polar surface area (TPSA) is 8.17 Å². The smallest absolute Gasteiger partial charge is 0.0714 e. The Hall–Kier alpha value is -5.86. The Morgan fingerprint density at radius 3 is 1.76 bits per heavy atom. The van der Waals surface area contributed by atoms with E-state index < -0.39 is 5.41 Å². The molecule has 1 heterocycles. The molecule has 1 aliphatic rings. The lowest BCUT2D eigenvalue weighted by molar-refractivity contribution is 0.767. The molecule has 0 unspecified atom stereocenters. The van der Waals surface area contributed by atoms with E-state index in [9.17, 15) is 0 Å². The van der Waals surface area contributed by atoms with E-state index >= 15 is 0 Å². The van der Waals surface area contributed by atoms with Crippen molar-refractivity contribution >= 4 is 33.2 Å². The number of rotatable bonds is 5. The highest BCUT2D eigenvalue weighted by molar-refractivity contribution is 6.10. The molecule has 1 aliphatic carbocycles. The minimum Gasteiger partial charge on any atom is -0.345 e. The minimum atomic E-state index is -0.436. The van der Waals surface area contributed by atoms with Crippen LogP contribution < -0.4 is 4.90 Å². The fourth-order valence-electron chi connectivity index (χ4n) is 7.82. The van der Waals surface area contributed by atoms with Gasteiger partial charge in [-0.25, -0.2) is 0 Å². The van der Waals surface area contributed by atoms with Gasteiger partial charge in [-0.15, -0.1) is 0 Å². The number of fused-ring (bicyclic) bond motifs is 6. The number of anilines is 2. The molecule has 0 spiro atoms. The summed E-state index contributed by atoms with van der Waals surface area (Å²) >= 11 is 0. The van der Waals surface area contributed by atoms with Crippen molar-refractivity contribution in [2.45, 2.75) is 5.41 Å². The van der Waals surface area contributed by atoms with Crippen LogP contribution >= 0.6 is 0 Å². The molecular weight excluding hydrogens is 556 g/mol. The molecule has 46 heavy (non-hydrogen) atoms. The van der Waals surface area contributed by atoms with Crippen LogP contribution in [0.3, 0.4) is 0 Å². The van der Waals surface area contributed by atoms with Gasteiger partial charge in [0.2, 0.25) is 0 Å². The van der Waals surface area contributed by atoms with Crippen molar-refractivity contribution < 1.29 is 0 Å². The summed E-state index contributed by atoms with van der Waals surface area (Å²) in [5, 5.41) is 2.50. The number of benzene rings is 7. The molecule has 9 rings (SSSR count). The number of nitrogens with zero attached hydrogens (tertiary/aromatic N) is 2. The molecule has 0 aliphatic heterocycles. The molecule has 0 saturated carbocycles. The van der Waals surface area contributed by atoms with Crippen molar-refractivity contribution in [3.63, 3.8) is 0 Å². The normalized spacial score (nSPS) is 13.1. The van der Waals surface area contributed by atoms with Crippen molar-refractivity contribution in [2.24, 2.45) is 0 Å². The van der Waals surface area contributed by atoms with Gasteiger partial charge in [0, 0.05) is 34.9 Å². The molecule has 2 nitrogen and oxygen atoms in total. The van der Waals surface area contributed by atoms with Crippen LogP contribution in [0.5, 0.6) is 0 Å². The fraction of sp³-hybridized carbons (Fsp3) is 0.0455. The summed E-state index contributed by atoms with van der Waals surface area (Å²) in [6.07, 6.45) is 0. The molecule has 0 amide bonds. The molecule has 0 fully saturated rings. The van der Waals surface area contributed by atoms with Gasteiger partial charge in [-0.05, 0) is 81.9 Å². The third-order valence-corrected chi connectivity index (χ3v) is 9.89. The summed E-state index contributed by atoms with van der Waals surface area (Å²) in [4.78, 5) is 2.26. The van der Waals surface area contributed by atoms with Gasteiger partial charge >= 0.3 is 0 Å². The third-order valence-electron chi connectivity index (χ3n) is 9.89. The Kier molecular flexibility index (Phi) is 5.97. The second-order valence-corrected chi connectivity index (χ2v) is 12.2. The predicted molar refractivity (Wildman–Crippen MR) is 193 cm³/mol. The maximum atomic E-state index is 2.45. The van der Waals surface area contributed by atoms with E-state index in [1.807, 2.05) is 0 Å². The van der Waals surface area contributed by atoms with Gasteiger partial charge in [0.15, 0.2) is 0 Å². The van der Waals surface area contributed by atoms with Crippen molar-refractivity contribution in [3.8, 4) is 16.8 Å². The van der Waals surface area contributed by atoms with Gasteiger partial charge in [0.05, 0.1) is 16.4 Å². The highest BCUT2D eigenvalue weighted by Gasteiger charge is 2.46. The zero-order chi connectivity index (χ0) is 30.7. The first kappa shape index (κ1) is 26.5. The van der Waals surface area contributed by atoms with Crippen LogP contribution in [0.1, 0.15) is 22.3 Å². The molecule has 0 saturated heterocycles. The summed E-state index contributed by atoms with van der Waals surface area (Å²) in [7, 11) is 2.14. The lowest BCUT2D eigenvalue weighted by atomic mass is 9.67. The summed E-state index contributed by atoms with van der Waals surface area (Å²) in [6.45, 7) is 0. The van der Waals surface area contributed by atoms with Crippen LogP contribution in [0.4, 0.5) is 11.4 Å². The van der Waals surface area contributed by atoms with Crippen LogP contribution in [0, 0.1) is 0 Å². The average Bonchev–Trinajstić information content (AvgIpc) is 3.62. The fourth-order valence-corrected chi connectivity index (χ4v) is 7.82. The van der Waals surface area contributed by atoms with Crippen molar-refractivity contribution in [2.75, 3.05) is 11.9 Å². The van der Waals surface area contributed by atoms with Crippen molar-refractivity contribution in [3.05, 3.63) is 198 Å². The van der Waals surface area contributed by atoms with Gasteiger partial charge in [-0.3, -0.25) is 0 Å². The van der Waals surface area contributed by atoms with E-state index in [0.717, 1.165) is 11.4 Å². The summed E-state index contributed by atoms with van der Waals surface area (Å²) in [5.74, 6) is 0. The maximum absolute atomic E-state index is 2.45. The molecular formula is C44H32N2. The Morgan fingerprint density at radius 2 is 1.02 bits per heavy atom. The van der Waals surface area contributed by atoms with Crippen LogP contribution in [0.15, 0.2) is 176 Å². The summed E-state index contributed by atoms with van der Waals surface area (Å²) in [6, 6.07) is 64.3. The summed E-state index contributed by atoms with van der Waals surface area (Å²) < 4.78 is 2.45. The molecule has 0 atom stereocenters. The standard InChI is InChI=1S/C44H32N2/c1-45(33-19-9-4-10-20-33)34-26-28-43-39(29-34)38-22-12-14-24-42(38)46(43)35-25-27-37-36-21-11-13-23-40(36)44(41(37)30-35,31-15-5-2-6-16-31)32-17-7-3-8-18-32/h2-30H,1H3. The molecule has 8 aromatic rings. The van der Waals surface area contributed by atoms with Gasteiger partial charge in [-0.1, -0.05) is 127 Å². The number of hydrogen-bond donors (Lipinski definition) is 0. The average molecular weight is 589 g/mol. The predicted octanol–water partition coefficient (Wildman–Crippen LogP) is 10.9. The number of hydrogen-bond acceptors (Lipinski definition) is 1. The quantitative estimate of drug-likeness (QED) is 0.194. The Balaban J connectivity index is 1.31. The Morgan fingerprint density at radius 1 is 0.435 bits per heavy atom. The molecule has 0 radical (unpaired) electrons. The summed E-state index contributed by atoms with van der Waals surface area (Å²) in [5.41, 5.74) is 13.3. The molecule has 2 heteroatoms. The molecule has 7 aromatic carbocycles. The largest absolute Gasteiger partial charge is 0.345 e. The van der Waals surface area contributed by atoms with E-state index in [4.69, 9.17) is 0 Å². The second-order valence-electron chi connectivity index (χ2n) is 12.2. The first-order chi connectivity index (χ1) is 22.7. The van der Waals surface area contributed by atoms with Gasteiger partial charge in [-0.2, -0.15) is 0 Å². The van der Waals surface area contributed by atoms with Gasteiger partial charge in [0.25, 0.3) is 0 Å². The van der Waals surface area contributed by atoms with Crippen LogP contribution in [-0.2, 0) is 5.41 Å². The van der Waals surface area contributed by atoms with E-state index in [0.29, 0.717) is 0 Å². The van der Waals surface area contributed by atoms with E-state index in [1.165, 1.54) is 60.9 Å². The van der Waals surface area contributed by atoms with Crippen molar-refractivity contribution in [1.29, 1.82) is 0 Å². The first-order valence-corrected chi connectivity index (χ1v) is 15.9. The number of aromatic nitrogens is 1. The van der Waals surface area contributed by atoms with E-state index in [2.05, 4.69) is 192 Å². The molecule has 0 bridgehead atoms. The highest BCUT2D eigenvalue weighted by atomic mass is 15.1. The molecule has 218 valence electrons. The lowest BCUT2D eigenvalue weighted by Gasteiger charge is -2.34. The molecule has 1 aromatic heterocycles. The highest BCUT2D eigenvalue weighted by Crippen LogP contribution is 2.56. The number of para-hydroxylation sites is 2. The maximum Gasteiger partial charge on any atom is 0.0714 e. The zero-order valence-corrected chi connectivity index (χ0v) is 25.6. The van der Waals surface area contributed by atoms with E-state index in [1.54, 1.807) is 0 Å². The SMILES string of the molecule is CN(c1ccccc1)c1ccc2c(c1)c1ccccc1n2-c1ccc2c(c1)C(c1ccccc1)(c1ccccc1)c1ccccc1-2. The van der Waals surface area contributed by atoms with Crippen molar-refractivity contribution in [1.82, 2.24) is 4.57 Å². The monoisotopic (exact) mass is 588 g/mol. The second kappa shape index (κ2) is 10.4. The van der Waals surface area contributed by atoms with E-state index in [-0.39, 0.29) is 0 Å².